The van der Waals surface area contributed by atoms with Gasteiger partial charge in [0.05, 0.1) is 6.61 Å². The van der Waals surface area contributed by atoms with Gasteiger partial charge in [0, 0.05) is 11.3 Å². The second kappa shape index (κ2) is 6.42. The highest BCUT2D eigenvalue weighted by Crippen LogP contribution is 2.41. The Hall–Kier alpha value is -2.34. The molecule has 2 aromatic rings. The molecule has 1 aliphatic rings. The molecule has 1 atom stereocenters. The Bertz CT molecular complexity index is 753. The molecule has 3 rings (SSSR count). The minimum Gasteiger partial charge on any atom is -0.462 e. The van der Waals surface area contributed by atoms with Crippen molar-refractivity contribution in [3.63, 3.8) is 0 Å². The topological polar surface area (TPSA) is 62.7 Å². The van der Waals surface area contributed by atoms with Gasteiger partial charge in [0.25, 0.3) is 0 Å². The highest BCUT2D eigenvalue weighted by molar-refractivity contribution is 7.18. The maximum absolute atomic E-state index is 12.1. The van der Waals surface area contributed by atoms with E-state index >= 15 is 0 Å². The number of rotatable bonds is 4. The summed E-state index contributed by atoms with van der Waals surface area (Å²) >= 11 is 1.42. The summed E-state index contributed by atoms with van der Waals surface area (Å²) in [6, 6.07) is 9.93. The van der Waals surface area contributed by atoms with Crippen LogP contribution in [0, 0.1) is 6.92 Å². The molecule has 0 saturated carbocycles. The predicted octanol–water partition coefficient (Wildman–Crippen LogP) is 4.19. The van der Waals surface area contributed by atoms with E-state index in [9.17, 15) is 4.79 Å². The third-order valence-electron chi connectivity index (χ3n) is 3.62. The molecule has 23 heavy (non-hydrogen) atoms. The molecule has 120 valence electrons. The SMILES string of the molecule is CCOC(=O)c1sc2c(c1C)C(Nc1ccccc1)N=C(C)N2. The number of amidine groups is 1. The standard InChI is InChI=1S/C17H19N3O2S/c1-4-22-17(21)14-10(2)13-15(18-11(3)19-16(13)23-14)20-12-8-6-5-7-9-12/h5-9,15,20H,4H2,1-3H3,(H,18,19). The fourth-order valence-electron chi connectivity index (χ4n) is 2.59. The van der Waals surface area contributed by atoms with Gasteiger partial charge in [-0.3, -0.25) is 0 Å². The molecule has 0 aliphatic carbocycles. The molecule has 1 aromatic heterocycles. The summed E-state index contributed by atoms with van der Waals surface area (Å²) in [5.74, 6) is 0.546. The Morgan fingerprint density at radius 1 is 1.35 bits per heavy atom. The Balaban J connectivity index is 1.97. The first kappa shape index (κ1) is 15.6. The molecule has 1 unspecified atom stereocenters. The molecular weight excluding hydrogens is 310 g/mol. The maximum atomic E-state index is 12.1. The second-order valence-electron chi connectivity index (χ2n) is 5.27. The van der Waals surface area contributed by atoms with Gasteiger partial charge < -0.3 is 15.4 Å². The van der Waals surface area contributed by atoms with Crippen molar-refractivity contribution in [1.29, 1.82) is 0 Å². The van der Waals surface area contributed by atoms with Crippen LogP contribution in [-0.2, 0) is 4.74 Å². The molecule has 0 radical (unpaired) electrons. The number of anilines is 2. The minimum absolute atomic E-state index is 0.215. The lowest BCUT2D eigenvalue weighted by atomic mass is 10.1. The normalized spacial score (nSPS) is 16.1. The van der Waals surface area contributed by atoms with Crippen LogP contribution in [0.25, 0.3) is 0 Å². The van der Waals surface area contributed by atoms with Crippen LogP contribution in [0.3, 0.4) is 0 Å². The van der Waals surface area contributed by atoms with E-state index in [0.29, 0.717) is 11.5 Å². The fraction of sp³-hybridized carbons (Fsp3) is 0.294. The molecule has 2 N–H and O–H groups in total. The number of ether oxygens (including phenoxy) is 1. The van der Waals surface area contributed by atoms with Crippen LogP contribution in [0.2, 0.25) is 0 Å². The van der Waals surface area contributed by atoms with Gasteiger partial charge >= 0.3 is 5.97 Å². The van der Waals surface area contributed by atoms with Gasteiger partial charge in [-0.2, -0.15) is 0 Å². The van der Waals surface area contributed by atoms with Crippen LogP contribution >= 0.6 is 11.3 Å². The van der Waals surface area contributed by atoms with E-state index in [4.69, 9.17) is 4.74 Å². The van der Waals surface area contributed by atoms with Crippen molar-refractivity contribution in [3.8, 4) is 0 Å². The number of nitrogens with zero attached hydrogens (tertiary/aromatic N) is 1. The first-order chi connectivity index (χ1) is 11.1. The number of nitrogens with one attached hydrogen (secondary N) is 2. The number of aliphatic imine (C=N–C) groups is 1. The number of hydrogen-bond acceptors (Lipinski definition) is 6. The molecule has 2 heterocycles. The first-order valence-electron chi connectivity index (χ1n) is 7.53. The number of hydrogen-bond donors (Lipinski definition) is 2. The van der Waals surface area contributed by atoms with Crippen LogP contribution in [0.4, 0.5) is 10.7 Å². The summed E-state index contributed by atoms with van der Waals surface area (Å²) in [6.07, 6.45) is -0.215. The van der Waals surface area contributed by atoms with Crippen molar-refractivity contribution in [3.05, 3.63) is 46.3 Å². The zero-order valence-corrected chi connectivity index (χ0v) is 14.2. The minimum atomic E-state index is -0.276. The molecular formula is C17H19N3O2S. The van der Waals surface area contributed by atoms with Gasteiger partial charge in [-0.25, -0.2) is 9.79 Å². The third-order valence-corrected chi connectivity index (χ3v) is 4.83. The van der Waals surface area contributed by atoms with Gasteiger partial charge in [0.2, 0.25) is 0 Å². The molecule has 0 saturated heterocycles. The van der Waals surface area contributed by atoms with Crippen molar-refractivity contribution in [2.24, 2.45) is 4.99 Å². The number of esters is 1. The number of fused-ring (bicyclic) bond motifs is 1. The summed E-state index contributed by atoms with van der Waals surface area (Å²) in [4.78, 5) is 17.4. The lowest BCUT2D eigenvalue weighted by Crippen LogP contribution is -2.21. The predicted molar refractivity (Wildman–Crippen MR) is 94.5 cm³/mol. The molecule has 5 nitrogen and oxygen atoms in total. The van der Waals surface area contributed by atoms with E-state index in [-0.39, 0.29) is 12.1 Å². The summed E-state index contributed by atoms with van der Waals surface area (Å²) < 4.78 is 5.15. The van der Waals surface area contributed by atoms with Gasteiger partial charge in [0.1, 0.15) is 21.9 Å². The zero-order valence-electron chi connectivity index (χ0n) is 13.3. The largest absolute Gasteiger partial charge is 0.462 e. The smallest absolute Gasteiger partial charge is 0.348 e. The van der Waals surface area contributed by atoms with Crippen LogP contribution in [-0.4, -0.2) is 18.4 Å². The first-order valence-corrected chi connectivity index (χ1v) is 8.35. The van der Waals surface area contributed by atoms with E-state index < -0.39 is 0 Å². The highest BCUT2D eigenvalue weighted by Gasteiger charge is 2.29. The van der Waals surface area contributed by atoms with Gasteiger partial charge in [-0.15, -0.1) is 11.3 Å². The number of benzene rings is 1. The van der Waals surface area contributed by atoms with Crippen molar-refractivity contribution < 1.29 is 9.53 Å². The van der Waals surface area contributed by atoms with Crippen molar-refractivity contribution in [1.82, 2.24) is 0 Å². The third kappa shape index (κ3) is 3.07. The number of carbonyl (C=O) groups excluding carboxylic acids is 1. The molecule has 0 fully saturated rings. The number of carbonyl (C=O) groups is 1. The molecule has 6 heteroatoms. The van der Waals surface area contributed by atoms with Crippen LogP contribution in [0.5, 0.6) is 0 Å². The Labute approximate surface area is 139 Å². The molecule has 0 amide bonds. The highest BCUT2D eigenvalue weighted by atomic mass is 32.1. The van der Waals surface area contributed by atoms with Gasteiger partial charge in [-0.05, 0) is 38.5 Å². The average Bonchev–Trinajstić information content (AvgIpc) is 2.85. The Morgan fingerprint density at radius 3 is 2.78 bits per heavy atom. The van der Waals surface area contributed by atoms with E-state index in [2.05, 4.69) is 15.6 Å². The lowest BCUT2D eigenvalue weighted by Gasteiger charge is -2.23. The molecule has 1 aliphatic heterocycles. The average molecular weight is 329 g/mol. The number of para-hydroxylation sites is 1. The Morgan fingerprint density at radius 2 is 2.09 bits per heavy atom. The van der Waals surface area contributed by atoms with E-state index in [1.165, 1.54) is 11.3 Å². The van der Waals surface area contributed by atoms with Crippen molar-refractivity contribution in [2.45, 2.75) is 26.9 Å². The van der Waals surface area contributed by atoms with E-state index in [0.717, 1.165) is 27.7 Å². The van der Waals surface area contributed by atoms with E-state index in [1.54, 1.807) is 0 Å². The quantitative estimate of drug-likeness (QED) is 0.826. The number of thiophene rings is 1. The maximum Gasteiger partial charge on any atom is 0.348 e. The second-order valence-corrected chi connectivity index (χ2v) is 6.29. The van der Waals surface area contributed by atoms with Gasteiger partial charge in [-0.1, -0.05) is 18.2 Å². The van der Waals surface area contributed by atoms with Crippen LogP contribution in [0.15, 0.2) is 35.3 Å². The van der Waals surface area contributed by atoms with Crippen LogP contribution in [0.1, 0.15) is 40.8 Å². The van der Waals surface area contributed by atoms with Crippen molar-refractivity contribution >= 4 is 33.8 Å². The molecule has 0 bridgehead atoms. The summed E-state index contributed by atoms with van der Waals surface area (Å²) in [5.41, 5.74) is 2.92. The summed E-state index contributed by atoms with van der Waals surface area (Å²) in [5, 5.41) is 7.62. The monoisotopic (exact) mass is 329 g/mol. The molecule has 1 aromatic carbocycles. The molecule has 0 spiro atoms. The van der Waals surface area contributed by atoms with Crippen molar-refractivity contribution in [2.75, 3.05) is 17.2 Å². The lowest BCUT2D eigenvalue weighted by molar-refractivity contribution is 0.0531. The van der Waals surface area contributed by atoms with Gasteiger partial charge in [0.15, 0.2) is 0 Å². The summed E-state index contributed by atoms with van der Waals surface area (Å²) in [6.45, 7) is 6.04. The fourth-order valence-corrected chi connectivity index (χ4v) is 3.77. The van der Waals surface area contributed by atoms with Crippen LogP contribution < -0.4 is 10.6 Å². The zero-order chi connectivity index (χ0) is 16.4. The Kier molecular flexibility index (Phi) is 4.34. The summed E-state index contributed by atoms with van der Waals surface area (Å²) in [7, 11) is 0. The van der Waals surface area contributed by atoms with E-state index in [1.807, 2.05) is 51.1 Å².